The molecule has 0 radical (unpaired) electrons. The van der Waals surface area contributed by atoms with Crippen molar-refractivity contribution in [2.75, 3.05) is 13.1 Å². The number of ketones is 1. The SMILES string of the molecule is CC(=O)Cn1cc(CC(=O)N2CC(Oc3ccc(CCB(O)O)c(O)c3C(=O)O)C2)nn1. The normalized spacial score (nSPS) is 13.5. The average molecular weight is 446 g/mol. The molecule has 0 bridgehead atoms. The molecule has 1 amide bonds. The number of aromatic hydroxyl groups is 1. The number of rotatable bonds is 10. The highest BCUT2D eigenvalue weighted by molar-refractivity contribution is 6.41. The van der Waals surface area contributed by atoms with Crippen LogP contribution < -0.4 is 4.74 Å². The van der Waals surface area contributed by atoms with E-state index in [0.29, 0.717) is 5.69 Å². The maximum atomic E-state index is 12.4. The molecular weight excluding hydrogens is 423 g/mol. The molecule has 2 aromatic rings. The lowest BCUT2D eigenvalue weighted by molar-refractivity contribution is -0.139. The van der Waals surface area contributed by atoms with E-state index in [1.54, 1.807) is 0 Å². The van der Waals surface area contributed by atoms with Crippen molar-refractivity contribution in [3.63, 3.8) is 0 Å². The lowest BCUT2D eigenvalue weighted by Gasteiger charge is -2.39. The number of likely N-dealkylation sites (tertiary alicyclic amines) is 1. The first-order chi connectivity index (χ1) is 15.1. The molecule has 2 heterocycles. The molecule has 170 valence electrons. The van der Waals surface area contributed by atoms with Gasteiger partial charge in [0.2, 0.25) is 5.91 Å². The maximum absolute atomic E-state index is 12.4. The molecule has 1 aromatic heterocycles. The lowest BCUT2D eigenvalue weighted by Crippen LogP contribution is -2.56. The van der Waals surface area contributed by atoms with Crippen molar-refractivity contribution in [1.82, 2.24) is 19.9 Å². The van der Waals surface area contributed by atoms with Crippen molar-refractivity contribution < 1.29 is 39.4 Å². The summed E-state index contributed by atoms with van der Waals surface area (Å²) in [4.78, 5) is 36.6. The van der Waals surface area contributed by atoms with Crippen LogP contribution in [-0.2, 0) is 29.0 Å². The van der Waals surface area contributed by atoms with E-state index < -0.39 is 30.5 Å². The number of aryl methyl sites for hydroxylation is 1. The zero-order valence-corrected chi connectivity index (χ0v) is 17.3. The van der Waals surface area contributed by atoms with Crippen LogP contribution >= 0.6 is 0 Å². The Morgan fingerprint density at radius 3 is 2.59 bits per heavy atom. The van der Waals surface area contributed by atoms with E-state index in [1.165, 1.54) is 34.8 Å². The van der Waals surface area contributed by atoms with Crippen molar-refractivity contribution in [2.24, 2.45) is 0 Å². The van der Waals surface area contributed by atoms with Gasteiger partial charge in [-0.05, 0) is 31.3 Å². The van der Waals surface area contributed by atoms with Crippen LogP contribution in [0.3, 0.4) is 0 Å². The van der Waals surface area contributed by atoms with Gasteiger partial charge in [0, 0.05) is 6.20 Å². The molecule has 0 saturated carbocycles. The quantitative estimate of drug-likeness (QED) is 0.335. The van der Waals surface area contributed by atoms with Gasteiger partial charge in [0.25, 0.3) is 0 Å². The summed E-state index contributed by atoms with van der Waals surface area (Å²) in [6, 6.07) is 2.87. The number of carbonyl (C=O) groups excluding carboxylic acids is 2. The summed E-state index contributed by atoms with van der Waals surface area (Å²) in [7, 11) is -1.57. The number of aromatic nitrogens is 3. The number of benzene rings is 1. The molecule has 32 heavy (non-hydrogen) atoms. The van der Waals surface area contributed by atoms with Crippen molar-refractivity contribution in [2.45, 2.75) is 38.7 Å². The third-order valence-electron chi connectivity index (χ3n) is 4.91. The minimum absolute atomic E-state index is 0.0111. The van der Waals surface area contributed by atoms with Crippen LogP contribution in [0.15, 0.2) is 18.3 Å². The molecule has 12 nitrogen and oxygen atoms in total. The molecule has 1 fully saturated rings. The van der Waals surface area contributed by atoms with Gasteiger partial charge in [0.15, 0.2) is 5.78 Å². The molecule has 0 atom stereocenters. The number of Topliss-reactive ketones (excluding diaryl/α,β-unsaturated/α-hetero) is 1. The van der Waals surface area contributed by atoms with E-state index in [9.17, 15) is 24.6 Å². The van der Waals surface area contributed by atoms with E-state index in [-0.39, 0.29) is 61.8 Å². The molecule has 3 rings (SSSR count). The van der Waals surface area contributed by atoms with Gasteiger partial charge in [0.1, 0.15) is 29.7 Å². The van der Waals surface area contributed by atoms with E-state index >= 15 is 0 Å². The molecule has 0 unspecified atom stereocenters. The second-order valence-corrected chi connectivity index (χ2v) is 7.60. The molecule has 0 spiro atoms. The Kier molecular flexibility index (Phi) is 7.10. The smallest absolute Gasteiger partial charge is 0.451 e. The third kappa shape index (κ3) is 5.62. The Bertz CT molecular complexity index is 1020. The van der Waals surface area contributed by atoms with E-state index in [2.05, 4.69) is 10.3 Å². The number of nitrogens with zero attached hydrogens (tertiary/aromatic N) is 4. The number of carboxylic acids is 1. The first-order valence-electron chi connectivity index (χ1n) is 9.91. The minimum atomic E-state index is -1.57. The Morgan fingerprint density at radius 1 is 1.25 bits per heavy atom. The summed E-state index contributed by atoms with van der Waals surface area (Å²) >= 11 is 0. The number of carbonyl (C=O) groups is 3. The lowest BCUT2D eigenvalue weighted by atomic mass is 9.82. The molecule has 1 aliphatic heterocycles. The first-order valence-corrected chi connectivity index (χ1v) is 9.91. The molecule has 1 saturated heterocycles. The number of amides is 1. The van der Waals surface area contributed by atoms with Crippen molar-refractivity contribution in [1.29, 1.82) is 0 Å². The van der Waals surface area contributed by atoms with Crippen LogP contribution in [0.4, 0.5) is 0 Å². The molecule has 0 aliphatic carbocycles. The summed E-state index contributed by atoms with van der Waals surface area (Å²) in [5.74, 6) is -2.20. The van der Waals surface area contributed by atoms with Crippen LogP contribution in [0.5, 0.6) is 11.5 Å². The number of ether oxygens (including phenoxy) is 1. The summed E-state index contributed by atoms with van der Waals surface area (Å²) in [5, 5.41) is 45.4. The standard InChI is InChI=1S/C19H23BN4O8/c1-11(25)7-24-8-13(21-22-24)6-16(26)23-9-14(10-23)32-15-3-2-12(4-5-20(30)31)18(27)17(15)19(28)29/h2-3,8,14,27,30-31H,4-7,9-10H2,1H3,(H,28,29). The van der Waals surface area contributed by atoms with Gasteiger partial charge < -0.3 is 29.9 Å². The number of phenols is 1. The topological polar surface area (TPSA) is 175 Å². The summed E-state index contributed by atoms with van der Waals surface area (Å²) in [5.41, 5.74) is 0.273. The molecule has 4 N–H and O–H groups in total. The fourth-order valence-corrected chi connectivity index (χ4v) is 3.29. The first kappa shape index (κ1) is 23.2. The van der Waals surface area contributed by atoms with Gasteiger partial charge in [-0.2, -0.15) is 0 Å². The Balaban J connectivity index is 1.57. The fraction of sp³-hybridized carbons (Fsp3) is 0.421. The zero-order valence-electron chi connectivity index (χ0n) is 17.3. The van der Waals surface area contributed by atoms with Gasteiger partial charge >= 0.3 is 13.1 Å². The highest BCUT2D eigenvalue weighted by Crippen LogP contribution is 2.34. The van der Waals surface area contributed by atoms with Crippen molar-refractivity contribution in [3.05, 3.63) is 35.2 Å². The van der Waals surface area contributed by atoms with Gasteiger partial charge in [-0.25, -0.2) is 9.48 Å². The van der Waals surface area contributed by atoms with Crippen LogP contribution in [0.1, 0.15) is 28.5 Å². The van der Waals surface area contributed by atoms with Crippen LogP contribution in [0.25, 0.3) is 0 Å². The number of aromatic carboxylic acids is 1. The fourth-order valence-electron chi connectivity index (χ4n) is 3.29. The van der Waals surface area contributed by atoms with Gasteiger partial charge in [-0.3, -0.25) is 9.59 Å². The summed E-state index contributed by atoms with van der Waals surface area (Å²) in [6.45, 7) is 1.98. The number of carboxylic acid groups (broad SMARTS) is 1. The van der Waals surface area contributed by atoms with E-state index in [4.69, 9.17) is 14.8 Å². The Hall–Kier alpha value is -3.45. The predicted octanol–water partition coefficient (Wildman–Crippen LogP) is -0.881. The van der Waals surface area contributed by atoms with Crippen LogP contribution in [-0.4, -0.2) is 84.1 Å². The highest BCUT2D eigenvalue weighted by atomic mass is 16.5. The van der Waals surface area contributed by atoms with E-state index in [0.717, 1.165) is 0 Å². The largest absolute Gasteiger partial charge is 0.507 e. The predicted molar refractivity (Wildman–Crippen MR) is 109 cm³/mol. The molecule has 1 aliphatic rings. The van der Waals surface area contributed by atoms with Gasteiger partial charge in [0.05, 0.1) is 25.2 Å². The second-order valence-electron chi connectivity index (χ2n) is 7.60. The minimum Gasteiger partial charge on any atom is -0.507 e. The summed E-state index contributed by atoms with van der Waals surface area (Å²) < 4.78 is 7.04. The van der Waals surface area contributed by atoms with E-state index in [1.807, 2.05) is 0 Å². The van der Waals surface area contributed by atoms with Crippen LogP contribution in [0, 0.1) is 0 Å². The third-order valence-corrected chi connectivity index (χ3v) is 4.91. The molecule has 1 aromatic carbocycles. The number of hydrogen-bond acceptors (Lipinski definition) is 9. The Labute approximate surface area is 183 Å². The molecular formula is C19H23BN4O8. The molecule has 13 heteroatoms. The maximum Gasteiger partial charge on any atom is 0.451 e. The Morgan fingerprint density at radius 2 is 1.97 bits per heavy atom. The van der Waals surface area contributed by atoms with Crippen molar-refractivity contribution in [3.8, 4) is 11.5 Å². The van der Waals surface area contributed by atoms with Crippen LogP contribution in [0.2, 0.25) is 6.32 Å². The monoisotopic (exact) mass is 446 g/mol. The summed E-state index contributed by atoms with van der Waals surface area (Å²) in [6.07, 6.45) is 1.11. The van der Waals surface area contributed by atoms with Gasteiger partial charge in [-0.1, -0.05) is 11.3 Å². The number of hydrogen-bond donors (Lipinski definition) is 4. The van der Waals surface area contributed by atoms with Gasteiger partial charge in [-0.15, -0.1) is 5.10 Å². The zero-order chi connectivity index (χ0) is 23.4. The average Bonchev–Trinajstić information content (AvgIpc) is 3.08. The highest BCUT2D eigenvalue weighted by Gasteiger charge is 2.34. The van der Waals surface area contributed by atoms with Crippen molar-refractivity contribution >= 4 is 24.8 Å². The second kappa shape index (κ2) is 9.79.